The molecule has 0 spiro atoms. The Bertz CT molecular complexity index is 1030. The van der Waals surface area contributed by atoms with Crippen LogP contribution in [0.2, 0.25) is 0 Å². The van der Waals surface area contributed by atoms with Gasteiger partial charge >= 0.3 is 5.97 Å². The number of ketones is 1. The van der Waals surface area contributed by atoms with E-state index in [2.05, 4.69) is 10.1 Å². The normalized spacial score (nSPS) is 10.7. The SMILES string of the molecule is Cc1cc(C(=O)COC(=O)c2ccc(=O)n(C)n2)c(C)n1-c1nccs1. The van der Waals surface area contributed by atoms with Crippen molar-refractivity contribution in [2.24, 2.45) is 7.05 Å². The quantitative estimate of drug-likeness (QED) is 0.499. The number of carbonyl (C=O) groups excluding carboxylic acids is 2. The Balaban J connectivity index is 1.74. The molecular formula is C17H16N4O4S. The van der Waals surface area contributed by atoms with E-state index in [-0.39, 0.29) is 17.0 Å². The van der Waals surface area contributed by atoms with Crippen molar-refractivity contribution in [1.29, 1.82) is 0 Å². The van der Waals surface area contributed by atoms with Crippen LogP contribution in [0, 0.1) is 13.8 Å². The van der Waals surface area contributed by atoms with Gasteiger partial charge in [0.15, 0.2) is 17.4 Å². The molecule has 3 aromatic heterocycles. The van der Waals surface area contributed by atoms with Gasteiger partial charge in [0.1, 0.15) is 0 Å². The Morgan fingerprint density at radius 1 is 1.27 bits per heavy atom. The van der Waals surface area contributed by atoms with E-state index in [0.29, 0.717) is 5.56 Å². The van der Waals surface area contributed by atoms with E-state index in [1.165, 1.54) is 30.5 Å². The zero-order chi connectivity index (χ0) is 18.8. The molecule has 26 heavy (non-hydrogen) atoms. The van der Waals surface area contributed by atoms with Crippen LogP contribution in [-0.2, 0) is 11.8 Å². The third kappa shape index (κ3) is 3.33. The zero-order valence-corrected chi connectivity index (χ0v) is 15.2. The molecule has 0 aliphatic carbocycles. The van der Waals surface area contributed by atoms with E-state index >= 15 is 0 Å². The maximum atomic E-state index is 12.5. The number of hydrogen-bond donors (Lipinski definition) is 0. The minimum atomic E-state index is -0.761. The topological polar surface area (TPSA) is 96.1 Å². The fourth-order valence-electron chi connectivity index (χ4n) is 2.56. The minimum Gasteiger partial charge on any atom is -0.453 e. The van der Waals surface area contributed by atoms with E-state index in [4.69, 9.17) is 4.74 Å². The molecule has 0 radical (unpaired) electrons. The molecule has 0 atom stereocenters. The maximum absolute atomic E-state index is 12.5. The highest BCUT2D eigenvalue weighted by molar-refractivity contribution is 7.12. The third-order valence-electron chi connectivity index (χ3n) is 3.85. The number of hydrogen-bond acceptors (Lipinski definition) is 7. The summed E-state index contributed by atoms with van der Waals surface area (Å²) < 4.78 is 7.96. The lowest BCUT2D eigenvalue weighted by Gasteiger charge is -2.06. The summed E-state index contributed by atoms with van der Waals surface area (Å²) in [6.07, 6.45) is 1.70. The van der Waals surface area contributed by atoms with Crippen LogP contribution in [0.25, 0.3) is 5.13 Å². The van der Waals surface area contributed by atoms with Crippen molar-refractivity contribution < 1.29 is 14.3 Å². The van der Waals surface area contributed by atoms with Crippen molar-refractivity contribution in [2.45, 2.75) is 13.8 Å². The summed E-state index contributed by atoms with van der Waals surface area (Å²) in [7, 11) is 1.43. The predicted octanol–water partition coefficient (Wildman–Crippen LogP) is 1.68. The molecule has 3 heterocycles. The number of thiazole rings is 1. The van der Waals surface area contributed by atoms with Gasteiger partial charge in [-0.3, -0.25) is 14.2 Å². The molecule has 8 nitrogen and oxygen atoms in total. The van der Waals surface area contributed by atoms with E-state index < -0.39 is 12.6 Å². The Kier molecular flexibility index (Phi) is 4.81. The van der Waals surface area contributed by atoms with Gasteiger partial charge in [0.25, 0.3) is 5.56 Å². The molecule has 134 valence electrons. The lowest BCUT2D eigenvalue weighted by Crippen LogP contribution is -2.23. The van der Waals surface area contributed by atoms with Crippen LogP contribution >= 0.6 is 11.3 Å². The smallest absolute Gasteiger partial charge is 0.359 e. The van der Waals surface area contributed by atoms with Gasteiger partial charge in [-0.25, -0.2) is 14.5 Å². The first-order chi connectivity index (χ1) is 12.4. The van der Waals surface area contributed by atoms with Crippen LogP contribution in [0.1, 0.15) is 32.2 Å². The van der Waals surface area contributed by atoms with Crippen LogP contribution in [0.5, 0.6) is 0 Å². The molecule has 0 aliphatic heterocycles. The summed E-state index contributed by atoms with van der Waals surface area (Å²) in [4.78, 5) is 40.1. The molecule has 0 aromatic carbocycles. The van der Waals surface area contributed by atoms with Crippen LogP contribution in [0.15, 0.2) is 34.6 Å². The second-order valence-corrected chi connectivity index (χ2v) is 6.49. The lowest BCUT2D eigenvalue weighted by atomic mass is 10.1. The molecule has 3 rings (SSSR count). The van der Waals surface area contributed by atoms with Crippen LogP contribution < -0.4 is 5.56 Å². The van der Waals surface area contributed by atoms with Crippen molar-refractivity contribution in [1.82, 2.24) is 19.3 Å². The van der Waals surface area contributed by atoms with Gasteiger partial charge in [-0.2, -0.15) is 5.10 Å². The average Bonchev–Trinajstić information content (AvgIpc) is 3.22. The van der Waals surface area contributed by atoms with Gasteiger partial charge in [-0.1, -0.05) is 0 Å². The van der Waals surface area contributed by atoms with E-state index in [0.717, 1.165) is 21.2 Å². The first-order valence-corrected chi connectivity index (χ1v) is 8.60. The molecule has 0 saturated carbocycles. The molecule has 0 amide bonds. The molecule has 0 unspecified atom stereocenters. The van der Waals surface area contributed by atoms with Crippen LogP contribution in [0.3, 0.4) is 0 Å². The van der Waals surface area contributed by atoms with Gasteiger partial charge in [-0.15, -0.1) is 11.3 Å². The number of esters is 1. The van der Waals surface area contributed by atoms with Crippen LogP contribution in [0.4, 0.5) is 0 Å². The highest BCUT2D eigenvalue weighted by atomic mass is 32.1. The highest BCUT2D eigenvalue weighted by Gasteiger charge is 2.20. The minimum absolute atomic E-state index is 0.0341. The third-order valence-corrected chi connectivity index (χ3v) is 4.60. The highest BCUT2D eigenvalue weighted by Crippen LogP contribution is 2.22. The fraction of sp³-hybridized carbons (Fsp3) is 0.235. The van der Waals surface area contributed by atoms with Crippen molar-refractivity contribution in [3.8, 4) is 5.13 Å². The number of Topliss-reactive ketones (excluding diaryl/α,β-unsaturated/α-hetero) is 1. The largest absolute Gasteiger partial charge is 0.453 e. The van der Waals surface area contributed by atoms with E-state index in [9.17, 15) is 14.4 Å². The number of aryl methyl sites for hydroxylation is 2. The second kappa shape index (κ2) is 7.04. The zero-order valence-electron chi connectivity index (χ0n) is 14.4. The van der Waals surface area contributed by atoms with Gasteiger partial charge in [0.05, 0.1) is 0 Å². The van der Waals surface area contributed by atoms with E-state index in [1.54, 1.807) is 12.3 Å². The standard InChI is InChI=1S/C17H16N4O4S/c1-10-8-12(11(2)21(10)17-18-6-7-26-17)14(22)9-25-16(24)13-4-5-15(23)20(3)19-13/h4-8H,9H2,1-3H3. The molecule has 3 aromatic rings. The van der Waals surface area contributed by atoms with Crippen molar-refractivity contribution >= 4 is 23.1 Å². The fourth-order valence-corrected chi connectivity index (χ4v) is 3.31. The van der Waals surface area contributed by atoms with Crippen molar-refractivity contribution in [3.63, 3.8) is 0 Å². The van der Waals surface area contributed by atoms with Crippen molar-refractivity contribution in [2.75, 3.05) is 6.61 Å². The summed E-state index contributed by atoms with van der Waals surface area (Å²) in [5.74, 6) is -1.08. The number of nitrogens with zero attached hydrogens (tertiary/aromatic N) is 4. The lowest BCUT2D eigenvalue weighted by molar-refractivity contribution is 0.0466. The molecule has 0 N–H and O–H groups in total. The Labute approximate surface area is 152 Å². The number of rotatable bonds is 5. The van der Waals surface area contributed by atoms with Gasteiger partial charge < -0.3 is 4.74 Å². The van der Waals surface area contributed by atoms with Crippen molar-refractivity contribution in [3.05, 3.63) is 62.8 Å². The molecule has 0 saturated heterocycles. The summed E-state index contributed by atoms with van der Waals surface area (Å²) in [6.45, 7) is 3.29. The van der Waals surface area contributed by atoms with E-state index in [1.807, 2.05) is 23.8 Å². The Morgan fingerprint density at radius 3 is 2.69 bits per heavy atom. The number of carbonyl (C=O) groups is 2. The Morgan fingerprint density at radius 2 is 2.04 bits per heavy atom. The monoisotopic (exact) mass is 372 g/mol. The van der Waals surface area contributed by atoms with Gasteiger partial charge in [0.2, 0.25) is 5.78 Å². The summed E-state index contributed by atoms with van der Waals surface area (Å²) in [5.41, 5.74) is 1.70. The summed E-state index contributed by atoms with van der Waals surface area (Å²) >= 11 is 1.47. The first kappa shape index (κ1) is 17.7. The molecule has 0 fully saturated rings. The molecular weight excluding hydrogens is 356 g/mol. The summed E-state index contributed by atoms with van der Waals surface area (Å²) in [6, 6.07) is 4.23. The molecule has 0 aliphatic rings. The predicted molar refractivity (Wildman–Crippen MR) is 95.0 cm³/mol. The van der Waals surface area contributed by atoms with Crippen LogP contribution in [-0.4, -0.2) is 37.7 Å². The number of ether oxygens (including phenoxy) is 1. The first-order valence-electron chi connectivity index (χ1n) is 7.72. The Hall–Kier alpha value is -3.07. The maximum Gasteiger partial charge on any atom is 0.359 e. The molecule has 9 heteroatoms. The van der Waals surface area contributed by atoms with Gasteiger partial charge in [0, 0.05) is 41.6 Å². The number of aromatic nitrogens is 4. The molecule has 0 bridgehead atoms. The second-order valence-electron chi connectivity index (χ2n) is 5.61. The average molecular weight is 372 g/mol. The summed E-state index contributed by atoms with van der Waals surface area (Å²) in [5, 5.41) is 6.43. The van der Waals surface area contributed by atoms with Gasteiger partial charge in [-0.05, 0) is 26.0 Å².